The summed E-state index contributed by atoms with van der Waals surface area (Å²) in [7, 11) is 0. The highest BCUT2D eigenvalue weighted by molar-refractivity contribution is 5.75. The molecular weight excluding hydrogens is 261 g/mol. The monoisotopic (exact) mass is 272 g/mol. The number of rotatable bonds is 4. The molecule has 2 aromatic rings. The highest BCUT2D eigenvalue weighted by Crippen LogP contribution is 2.27. The number of aromatic nitrogens is 3. The van der Waals surface area contributed by atoms with Crippen LogP contribution in [0.3, 0.4) is 0 Å². The molecule has 0 atom stereocenters. The average Bonchev–Trinajstić information content (AvgIpc) is 2.95. The highest BCUT2D eigenvalue weighted by atomic mass is 19.4. The van der Waals surface area contributed by atoms with E-state index in [0.29, 0.717) is 6.54 Å². The molecule has 0 aliphatic rings. The third-order valence-electron chi connectivity index (χ3n) is 2.39. The van der Waals surface area contributed by atoms with Gasteiger partial charge in [-0.3, -0.25) is 9.48 Å². The minimum absolute atomic E-state index is 0.250. The van der Waals surface area contributed by atoms with Crippen LogP contribution in [0.4, 0.5) is 13.2 Å². The minimum atomic E-state index is -4.49. The number of halogens is 3. The van der Waals surface area contributed by atoms with Crippen molar-refractivity contribution in [1.82, 2.24) is 20.1 Å². The van der Waals surface area contributed by atoms with Gasteiger partial charge in [-0.05, 0) is 17.7 Å². The maximum atomic E-state index is 12.3. The van der Waals surface area contributed by atoms with Gasteiger partial charge >= 0.3 is 6.18 Å². The summed E-state index contributed by atoms with van der Waals surface area (Å²) in [6, 6.07) is 2.62. The Morgan fingerprint density at radius 1 is 1.42 bits per heavy atom. The molecule has 0 radical (unpaired) electrons. The lowest BCUT2D eigenvalue weighted by molar-refractivity contribution is -0.141. The number of hydrogen-bond donors (Lipinski definition) is 2. The zero-order chi connectivity index (χ0) is 13.9. The van der Waals surface area contributed by atoms with E-state index in [-0.39, 0.29) is 6.54 Å². The number of hydrogen-bond acceptors (Lipinski definition) is 2. The fourth-order valence-electron chi connectivity index (χ4n) is 1.47. The summed E-state index contributed by atoms with van der Waals surface area (Å²) in [6.07, 6.45) is 0.0616. The molecule has 0 saturated heterocycles. The van der Waals surface area contributed by atoms with Crippen molar-refractivity contribution in [1.29, 1.82) is 0 Å². The van der Waals surface area contributed by atoms with E-state index in [9.17, 15) is 18.0 Å². The number of carbonyl (C=O) groups is 1. The smallest absolute Gasteiger partial charge is 0.367 e. The molecule has 0 fully saturated rings. The SMILES string of the molecule is O=C(Cn1ccc(C(F)(F)F)n1)NCc1cc[nH]c1. The Morgan fingerprint density at radius 3 is 2.79 bits per heavy atom. The van der Waals surface area contributed by atoms with Gasteiger partial charge in [0.25, 0.3) is 0 Å². The van der Waals surface area contributed by atoms with Crippen molar-refractivity contribution in [2.24, 2.45) is 0 Å². The lowest BCUT2D eigenvalue weighted by atomic mass is 10.3. The summed E-state index contributed by atoms with van der Waals surface area (Å²) in [5, 5.41) is 5.87. The molecule has 2 aromatic heterocycles. The predicted molar refractivity (Wildman–Crippen MR) is 59.9 cm³/mol. The van der Waals surface area contributed by atoms with Crippen molar-refractivity contribution in [3.05, 3.63) is 42.0 Å². The molecule has 8 heteroatoms. The minimum Gasteiger partial charge on any atom is -0.367 e. The standard InChI is InChI=1S/C11H11F3N4O/c12-11(13,14)9-2-4-18(17-9)7-10(19)16-6-8-1-3-15-5-8/h1-5,15H,6-7H2,(H,16,19). The maximum absolute atomic E-state index is 12.3. The van der Waals surface area contributed by atoms with Crippen LogP contribution in [-0.2, 0) is 24.1 Å². The van der Waals surface area contributed by atoms with E-state index < -0.39 is 17.8 Å². The van der Waals surface area contributed by atoms with E-state index in [1.54, 1.807) is 18.5 Å². The summed E-state index contributed by atoms with van der Waals surface area (Å²) < 4.78 is 37.8. The number of H-pyrrole nitrogens is 1. The molecule has 5 nitrogen and oxygen atoms in total. The molecule has 0 aliphatic carbocycles. The molecule has 102 valence electrons. The van der Waals surface area contributed by atoms with Crippen LogP contribution in [-0.4, -0.2) is 20.7 Å². The fraction of sp³-hybridized carbons (Fsp3) is 0.273. The Balaban J connectivity index is 1.87. The van der Waals surface area contributed by atoms with Crippen LogP contribution in [0.2, 0.25) is 0 Å². The van der Waals surface area contributed by atoms with Gasteiger partial charge in [0.2, 0.25) is 5.91 Å². The van der Waals surface area contributed by atoms with E-state index in [1.165, 1.54) is 0 Å². The van der Waals surface area contributed by atoms with E-state index >= 15 is 0 Å². The van der Waals surface area contributed by atoms with Gasteiger partial charge in [-0.15, -0.1) is 0 Å². The Bertz CT molecular complexity index is 545. The summed E-state index contributed by atoms with van der Waals surface area (Å²) in [5.41, 5.74) is -0.129. The van der Waals surface area contributed by atoms with Crippen molar-refractivity contribution in [3.8, 4) is 0 Å². The highest BCUT2D eigenvalue weighted by Gasteiger charge is 2.33. The Morgan fingerprint density at radius 2 is 2.21 bits per heavy atom. The van der Waals surface area contributed by atoms with Crippen LogP contribution in [0.5, 0.6) is 0 Å². The molecule has 2 heterocycles. The lowest BCUT2D eigenvalue weighted by Gasteiger charge is -2.04. The largest absolute Gasteiger partial charge is 0.435 e. The van der Waals surface area contributed by atoms with Gasteiger partial charge in [-0.1, -0.05) is 0 Å². The third kappa shape index (κ3) is 3.60. The number of aromatic amines is 1. The topological polar surface area (TPSA) is 62.7 Å². The molecule has 1 amide bonds. The second-order valence-electron chi connectivity index (χ2n) is 3.89. The van der Waals surface area contributed by atoms with Gasteiger partial charge in [0, 0.05) is 25.1 Å². The molecular formula is C11H11F3N4O. The van der Waals surface area contributed by atoms with Gasteiger partial charge in [0.05, 0.1) is 0 Å². The molecule has 0 saturated carbocycles. The zero-order valence-corrected chi connectivity index (χ0v) is 9.74. The van der Waals surface area contributed by atoms with E-state index in [1.807, 2.05) is 0 Å². The fourth-order valence-corrected chi connectivity index (χ4v) is 1.47. The first-order valence-corrected chi connectivity index (χ1v) is 5.44. The van der Waals surface area contributed by atoms with Crippen LogP contribution in [0.1, 0.15) is 11.3 Å². The molecule has 2 N–H and O–H groups in total. The van der Waals surface area contributed by atoms with Gasteiger partial charge in [0.1, 0.15) is 6.54 Å². The first kappa shape index (κ1) is 13.2. The predicted octanol–water partition coefficient (Wildman–Crippen LogP) is 1.55. The molecule has 19 heavy (non-hydrogen) atoms. The van der Waals surface area contributed by atoms with E-state index in [4.69, 9.17) is 0 Å². The molecule has 2 rings (SSSR count). The maximum Gasteiger partial charge on any atom is 0.435 e. The number of nitrogens with zero attached hydrogens (tertiary/aromatic N) is 2. The first-order chi connectivity index (χ1) is 8.95. The molecule has 0 aromatic carbocycles. The molecule has 0 spiro atoms. The van der Waals surface area contributed by atoms with Crippen molar-refractivity contribution in [3.63, 3.8) is 0 Å². The Hall–Kier alpha value is -2.25. The van der Waals surface area contributed by atoms with Gasteiger partial charge in [-0.25, -0.2) is 0 Å². The number of amides is 1. The number of nitrogens with one attached hydrogen (secondary N) is 2. The second-order valence-corrected chi connectivity index (χ2v) is 3.89. The lowest BCUT2D eigenvalue weighted by Crippen LogP contribution is -2.27. The third-order valence-corrected chi connectivity index (χ3v) is 2.39. The molecule has 0 bridgehead atoms. The van der Waals surface area contributed by atoms with Crippen LogP contribution < -0.4 is 5.32 Å². The molecule has 0 unspecified atom stereocenters. The Labute approximate surface area is 106 Å². The summed E-state index contributed by atoms with van der Waals surface area (Å²) in [6.45, 7) is 0.0657. The average molecular weight is 272 g/mol. The number of carbonyl (C=O) groups excluding carboxylic acids is 1. The summed E-state index contributed by atoms with van der Waals surface area (Å²) >= 11 is 0. The van der Waals surface area contributed by atoms with Crippen molar-refractivity contribution >= 4 is 5.91 Å². The second kappa shape index (κ2) is 5.17. The quantitative estimate of drug-likeness (QED) is 0.887. The summed E-state index contributed by atoms with van der Waals surface area (Å²) in [5.74, 6) is -0.405. The van der Waals surface area contributed by atoms with Gasteiger partial charge in [-0.2, -0.15) is 18.3 Å². The molecule has 0 aliphatic heterocycles. The van der Waals surface area contributed by atoms with Crippen LogP contribution in [0.25, 0.3) is 0 Å². The van der Waals surface area contributed by atoms with Crippen LogP contribution in [0, 0.1) is 0 Å². The van der Waals surface area contributed by atoms with Gasteiger partial charge < -0.3 is 10.3 Å². The summed E-state index contributed by atoms with van der Waals surface area (Å²) in [4.78, 5) is 14.3. The normalized spacial score (nSPS) is 11.5. The van der Waals surface area contributed by atoms with Crippen molar-refractivity contribution in [2.45, 2.75) is 19.3 Å². The van der Waals surface area contributed by atoms with Crippen molar-refractivity contribution < 1.29 is 18.0 Å². The Kier molecular flexibility index (Phi) is 3.59. The van der Waals surface area contributed by atoms with E-state index in [2.05, 4.69) is 15.4 Å². The van der Waals surface area contributed by atoms with Crippen LogP contribution in [0.15, 0.2) is 30.7 Å². The number of alkyl halides is 3. The van der Waals surface area contributed by atoms with Crippen molar-refractivity contribution in [2.75, 3.05) is 0 Å². The van der Waals surface area contributed by atoms with E-state index in [0.717, 1.165) is 22.5 Å². The zero-order valence-electron chi connectivity index (χ0n) is 9.74. The van der Waals surface area contributed by atoms with Gasteiger partial charge in [0.15, 0.2) is 5.69 Å². The van der Waals surface area contributed by atoms with Crippen LogP contribution >= 0.6 is 0 Å². The first-order valence-electron chi connectivity index (χ1n) is 5.44.